The zero-order chi connectivity index (χ0) is 20.8. The van der Waals surface area contributed by atoms with E-state index < -0.39 is 0 Å². The van der Waals surface area contributed by atoms with E-state index >= 15 is 0 Å². The Bertz CT molecular complexity index is 1070. The lowest BCUT2D eigenvalue weighted by Gasteiger charge is -2.16. The van der Waals surface area contributed by atoms with Crippen LogP contribution in [0.4, 0.5) is 5.69 Å². The number of hydrogen-bond acceptors (Lipinski definition) is 4. The van der Waals surface area contributed by atoms with E-state index in [0.29, 0.717) is 21.9 Å². The van der Waals surface area contributed by atoms with E-state index in [1.165, 1.54) is 23.3 Å². The molecule has 3 aromatic rings. The molecule has 0 aliphatic heterocycles. The average molecular weight is 404 g/mol. The highest BCUT2D eigenvalue weighted by Gasteiger charge is 2.22. The first-order valence-electron chi connectivity index (χ1n) is 8.87. The van der Waals surface area contributed by atoms with Gasteiger partial charge in [-0.3, -0.25) is 9.59 Å². The summed E-state index contributed by atoms with van der Waals surface area (Å²) in [5.41, 5.74) is 2.26. The van der Waals surface area contributed by atoms with Crippen molar-refractivity contribution in [2.45, 2.75) is 0 Å². The highest BCUT2D eigenvalue weighted by atomic mass is 32.1. The molecule has 0 aliphatic carbocycles. The lowest BCUT2D eigenvalue weighted by atomic mass is 10.2. The third-order valence-corrected chi connectivity index (χ3v) is 5.36. The van der Waals surface area contributed by atoms with Crippen molar-refractivity contribution in [1.82, 2.24) is 4.90 Å². The van der Waals surface area contributed by atoms with Gasteiger partial charge in [-0.1, -0.05) is 42.3 Å². The third kappa shape index (κ3) is 4.84. The van der Waals surface area contributed by atoms with Gasteiger partial charge in [0.25, 0.3) is 5.91 Å². The minimum absolute atomic E-state index is 0.0964. The van der Waals surface area contributed by atoms with Gasteiger partial charge in [-0.05, 0) is 29.8 Å². The van der Waals surface area contributed by atoms with Crippen molar-refractivity contribution in [3.63, 3.8) is 0 Å². The number of benzene rings is 2. The van der Waals surface area contributed by atoms with Crippen LogP contribution in [-0.4, -0.2) is 37.4 Å². The second-order valence-corrected chi connectivity index (χ2v) is 7.36. The molecule has 0 saturated carbocycles. The number of carbonyl (C=O) groups excluding carboxylic acids is 2. The van der Waals surface area contributed by atoms with E-state index in [4.69, 9.17) is 11.2 Å². The van der Waals surface area contributed by atoms with Crippen LogP contribution in [0.15, 0.2) is 60.7 Å². The van der Waals surface area contributed by atoms with E-state index in [1.807, 2.05) is 36.4 Å². The molecule has 29 heavy (non-hydrogen) atoms. The number of carbonyl (C=O) groups is 2. The molecular formula is C23H20N2O3S. The third-order valence-electron chi connectivity index (χ3n) is 4.21. The Morgan fingerprint density at radius 2 is 1.90 bits per heavy atom. The fourth-order valence-electron chi connectivity index (χ4n) is 2.77. The molecule has 6 heteroatoms. The van der Waals surface area contributed by atoms with E-state index in [1.54, 1.807) is 31.3 Å². The maximum absolute atomic E-state index is 12.9. The Kier molecular flexibility index (Phi) is 6.32. The van der Waals surface area contributed by atoms with Crippen molar-refractivity contribution >= 4 is 28.8 Å². The number of anilines is 1. The Balaban J connectivity index is 1.72. The molecule has 0 bridgehead atoms. The number of thiophene rings is 1. The van der Waals surface area contributed by atoms with Crippen LogP contribution in [0.25, 0.3) is 10.4 Å². The zero-order valence-corrected chi connectivity index (χ0v) is 17.0. The molecule has 0 saturated heterocycles. The van der Waals surface area contributed by atoms with E-state index in [9.17, 15) is 9.59 Å². The number of nitrogens with zero attached hydrogens (tertiary/aromatic N) is 1. The lowest BCUT2D eigenvalue weighted by Crippen LogP contribution is -2.34. The first kappa shape index (κ1) is 20.2. The average Bonchev–Trinajstić information content (AvgIpc) is 3.18. The summed E-state index contributed by atoms with van der Waals surface area (Å²) < 4.78 is 5.39. The first-order valence-corrected chi connectivity index (χ1v) is 9.68. The smallest absolute Gasteiger partial charge is 0.267 e. The van der Waals surface area contributed by atoms with Crippen LogP contribution in [0, 0.1) is 12.3 Å². The molecule has 0 unspecified atom stereocenters. The number of likely N-dealkylation sites (N-methyl/N-ethyl adjacent to an activating group) is 1. The molecule has 3 rings (SSSR count). The highest BCUT2D eigenvalue weighted by molar-refractivity contribution is 7.17. The number of nitrogens with one attached hydrogen (secondary N) is 1. The molecule has 1 aromatic heterocycles. The zero-order valence-electron chi connectivity index (χ0n) is 16.1. The SMILES string of the molecule is C#Cc1cccc(NC(=O)CN(C)C(=O)c2sc(-c3ccccc3)cc2OC)c1. The fraction of sp³-hybridized carbons (Fsp3) is 0.130. The molecule has 1 N–H and O–H groups in total. The highest BCUT2D eigenvalue weighted by Crippen LogP contribution is 2.36. The van der Waals surface area contributed by atoms with Crippen LogP contribution in [0.3, 0.4) is 0 Å². The van der Waals surface area contributed by atoms with Crippen LogP contribution >= 0.6 is 11.3 Å². The minimum Gasteiger partial charge on any atom is -0.495 e. The summed E-state index contributed by atoms with van der Waals surface area (Å²) in [5.74, 6) is 2.43. The summed E-state index contributed by atoms with van der Waals surface area (Å²) in [6, 6.07) is 18.6. The predicted octanol–water partition coefficient (Wildman–Crippen LogP) is 4.12. The number of methoxy groups -OCH3 is 1. The Morgan fingerprint density at radius 3 is 2.59 bits per heavy atom. The standard InChI is InChI=1S/C23H20N2O3S/c1-4-16-9-8-12-18(13-16)24-21(26)15-25(2)23(27)22-19(28-3)14-20(29-22)17-10-6-5-7-11-17/h1,5-14H,15H2,2-3H3,(H,24,26). The molecule has 2 aromatic carbocycles. The second-order valence-electron chi connectivity index (χ2n) is 6.31. The van der Waals surface area contributed by atoms with Crippen LogP contribution in [0.1, 0.15) is 15.2 Å². The maximum Gasteiger partial charge on any atom is 0.267 e. The van der Waals surface area contributed by atoms with Gasteiger partial charge in [-0.25, -0.2) is 0 Å². The van der Waals surface area contributed by atoms with Gasteiger partial charge in [0.05, 0.1) is 13.7 Å². The molecule has 1 heterocycles. The normalized spacial score (nSPS) is 10.1. The van der Waals surface area contributed by atoms with Gasteiger partial charge in [0.2, 0.25) is 5.91 Å². The molecule has 5 nitrogen and oxygen atoms in total. The van der Waals surface area contributed by atoms with Crippen molar-refractivity contribution in [3.05, 3.63) is 71.1 Å². The van der Waals surface area contributed by atoms with Crippen molar-refractivity contribution < 1.29 is 14.3 Å². The van der Waals surface area contributed by atoms with Crippen LogP contribution in [0.2, 0.25) is 0 Å². The number of rotatable bonds is 6. The summed E-state index contributed by atoms with van der Waals surface area (Å²) in [6.45, 7) is -0.0964. The second kappa shape index (κ2) is 9.09. The van der Waals surface area contributed by atoms with E-state index in [2.05, 4.69) is 11.2 Å². The molecule has 0 aliphatic rings. The Hall–Kier alpha value is -3.56. The summed E-state index contributed by atoms with van der Waals surface area (Å²) in [6.07, 6.45) is 5.38. The quantitative estimate of drug-likeness (QED) is 0.629. The molecule has 146 valence electrons. The molecule has 2 amide bonds. The molecular weight excluding hydrogens is 384 g/mol. The van der Waals surface area contributed by atoms with Gasteiger partial charge in [0.15, 0.2) is 0 Å². The summed E-state index contributed by atoms with van der Waals surface area (Å²) in [7, 11) is 3.11. The van der Waals surface area contributed by atoms with Gasteiger partial charge < -0.3 is 15.0 Å². The molecule has 0 atom stereocenters. The van der Waals surface area contributed by atoms with Gasteiger partial charge in [-0.2, -0.15) is 0 Å². The summed E-state index contributed by atoms with van der Waals surface area (Å²) in [5, 5.41) is 2.76. The van der Waals surface area contributed by atoms with Gasteiger partial charge in [0, 0.05) is 23.2 Å². The maximum atomic E-state index is 12.9. The van der Waals surface area contributed by atoms with Crippen LogP contribution in [0.5, 0.6) is 5.75 Å². The number of amides is 2. The monoisotopic (exact) mass is 404 g/mol. The topological polar surface area (TPSA) is 58.6 Å². The van der Waals surface area contributed by atoms with Gasteiger partial charge in [-0.15, -0.1) is 17.8 Å². The Morgan fingerprint density at radius 1 is 1.14 bits per heavy atom. The van der Waals surface area contributed by atoms with E-state index in [0.717, 1.165) is 10.4 Å². The summed E-state index contributed by atoms with van der Waals surface area (Å²) in [4.78, 5) is 28.0. The van der Waals surface area contributed by atoms with Gasteiger partial charge >= 0.3 is 0 Å². The predicted molar refractivity (Wildman–Crippen MR) is 116 cm³/mol. The largest absolute Gasteiger partial charge is 0.495 e. The molecule has 0 radical (unpaired) electrons. The van der Waals surface area contributed by atoms with Crippen LogP contribution < -0.4 is 10.1 Å². The lowest BCUT2D eigenvalue weighted by molar-refractivity contribution is -0.116. The first-order chi connectivity index (χ1) is 14.0. The Labute approximate surface area is 173 Å². The van der Waals surface area contributed by atoms with Crippen molar-refractivity contribution in [3.8, 4) is 28.5 Å². The molecule has 0 spiro atoms. The van der Waals surface area contributed by atoms with Gasteiger partial charge in [0.1, 0.15) is 10.6 Å². The van der Waals surface area contributed by atoms with Crippen molar-refractivity contribution in [1.29, 1.82) is 0 Å². The van der Waals surface area contributed by atoms with Crippen LogP contribution in [-0.2, 0) is 4.79 Å². The van der Waals surface area contributed by atoms with Crippen molar-refractivity contribution in [2.75, 3.05) is 26.0 Å². The number of ether oxygens (including phenoxy) is 1. The van der Waals surface area contributed by atoms with Crippen molar-refractivity contribution in [2.24, 2.45) is 0 Å². The summed E-state index contributed by atoms with van der Waals surface area (Å²) >= 11 is 1.34. The molecule has 0 fully saturated rings. The van der Waals surface area contributed by atoms with E-state index in [-0.39, 0.29) is 18.4 Å². The number of hydrogen-bond donors (Lipinski definition) is 1. The number of terminal acetylenes is 1. The fourth-order valence-corrected chi connectivity index (χ4v) is 3.89. The minimum atomic E-state index is -0.311.